The van der Waals surface area contributed by atoms with E-state index in [4.69, 9.17) is 5.11 Å². The molecule has 2 N–H and O–H groups in total. The van der Waals surface area contributed by atoms with Crippen LogP contribution in [0.25, 0.3) is 11.4 Å². The second-order valence-corrected chi connectivity index (χ2v) is 4.57. The molecule has 1 aromatic heterocycles. The van der Waals surface area contributed by atoms with Gasteiger partial charge < -0.3 is 10.4 Å². The smallest absolute Gasteiger partial charge is 0.246 e. The molecule has 0 saturated heterocycles. The summed E-state index contributed by atoms with van der Waals surface area (Å²) in [4.78, 5) is 13.1. The van der Waals surface area contributed by atoms with Gasteiger partial charge in [0.1, 0.15) is 6.04 Å². The van der Waals surface area contributed by atoms with Crippen molar-refractivity contribution in [1.29, 1.82) is 0 Å². The number of amides is 1. The van der Waals surface area contributed by atoms with Crippen LogP contribution in [-0.2, 0) is 4.79 Å². The number of nitrogens with zero attached hydrogens (tertiary/aromatic N) is 4. The lowest BCUT2D eigenvalue weighted by Crippen LogP contribution is -2.36. The maximum atomic E-state index is 11.8. The van der Waals surface area contributed by atoms with E-state index in [1.54, 1.807) is 13.8 Å². The van der Waals surface area contributed by atoms with Gasteiger partial charge >= 0.3 is 0 Å². The molecular formula is C13H17N5O2. The number of carbonyl (C=O) groups is 1. The summed E-state index contributed by atoms with van der Waals surface area (Å²) in [7, 11) is 0. The zero-order chi connectivity index (χ0) is 14.5. The SMILES string of the molecule is CC(O)CNC(=O)C(C)n1nnc(-c2ccccc2)n1. The Labute approximate surface area is 116 Å². The van der Waals surface area contributed by atoms with Crippen LogP contribution in [0, 0.1) is 0 Å². The van der Waals surface area contributed by atoms with E-state index in [1.807, 2.05) is 30.3 Å². The first kappa shape index (κ1) is 14.1. The first-order valence-electron chi connectivity index (χ1n) is 6.38. The largest absolute Gasteiger partial charge is 0.392 e. The molecule has 7 heteroatoms. The first-order valence-corrected chi connectivity index (χ1v) is 6.38. The maximum absolute atomic E-state index is 11.8. The zero-order valence-corrected chi connectivity index (χ0v) is 11.4. The van der Waals surface area contributed by atoms with E-state index in [9.17, 15) is 4.79 Å². The van der Waals surface area contributed by atoms with E-state index in [0.717, 1.165) is 5.56 Å². The molecule has 2 unspecified atom stereocenters. The van der Waals surface area contributed by atoms with Gasteiger partial charge in [-0.1, -0.05) is 30.3 Å². The van der Waals surface area contributed by atoms with Crippen LogP contribution < -0.4 is 5.32 Å². The van der Waals surface area contributed by atoms with Gasteiger partial charge in [0.05, 0.1) is 6.10 Å². The van der Waals surface area contributed by atoms with E-state index in [1.165, 1.54) is 4.80 Å². The Hall–Kier alpha value is -2.28. The molecule has 1 heterocycles. The van der Waals surface area contributed by atoms with E-state index < -0.39 is 12.1 Å². The molecule has 0 spiro atoms. The number of nitrogens with one attached hydrogen (secondary N) is 1. The fourth-order valence-electron chi connectivity index (χ4n) is 1.59. The third-order valence-corrected chi connectivity index (χ3v) is 2.76. The maximum Gasteiger partial charge on any atom is 0.246 e. The summed E-state index contributed by atoms with van der Waals surface area (Å²) in [6.45, 7) is 3.48. The molecule has 0 aliphatic rings. The summed E-state index contributed by atoms with van der Waals surface area (Å²) < 4.78 is 0. The standard InChI is InChI=1S/C13H17N5O2/c1-9(19)8-14-13(20)10(2)18-16-12(15-17-18)11-6-4-3-5-7-11/h3-7,9-10,19H,8H2,1-2H3,(H,14,20). The van der Waals surface area contributed by atoms with Gasteiger partial charge in [0.15, 0.2) is 0 Å². The lowest BCUT2D eigenvalue weighted by atomic mass is 10.2. The van der Waals surface area contributed by atoms with E-state index in [2.05, 4.69) is 20.7 Å². The van der Waals surface area contributed by atoms with Crippen LogP contribution in [0.15, 0.2) is 30.3 Å². The minimum atomic E-state index is -0.588. The van der Waals surface area contributed by atoms with Gasteiger partial charge in [-0.25, -0.2) is 0 Å². The highest BCUT2D eigenvalue weighted by atomic mass is 16.3. The van der Waals surface area contributed by atoms with Crippen LogP contribution in [0.2, 0.25) is 0 Å². The Morgan fingerprint density at radius 3 is 2.70 bits per heavy atom. The number of hydrogen-bond donors (Lipinski definition) is 2. The monoisotopic (exact) mass is 275 g/mol. The molecule has 0 bridgehead atoms. The summed E-state index contributed by atoms with van der Waals surface area (Å²) in [5.41, 5.74) is 0.843. The summed E-state index contributed by atoms with van der Waals surface area (Å²) in [6.07, 6.45) is -0.588. The van der Waals surface area contributed by atoms with E-state index in [-0.39, 0.29) is 12.5 Å². The Morgan fingerprint density at radius 2 is 2.05 bits per heavy atom. The third kappa shape index (κ3) is 3.39. The van der Waals surface area contributed by atoms with Gasteiger partial charge in [-0.05, 0) is 19.1 Å². The average molecular weight is 275 g/mol. The van der Waals surface area contributed by atoms with Crippen LogP contribution >= 0.6 is 0 Å². The number of aliphatic hydroxyl groups is 1. The van der Waals surface area contributed by atoms with E-state index >= 15 is 0 Å². The Balaban J connectivity index is 2.07. The highest BCUT2D eigenvalue weighted by Crippen LogP contribution is 2.13. The number of aromatic nitrogens is 4. The molecule has 0 aliphatic heterocycles. The number of rotatable bonds is 5. The molecule has 1 aromatic carbocycles. The third-order valence-electron chi connectivity index (χ3n) is 2.76. The van der Waals surface area contributed by atoms with Crippen molar-refractivity contribution >= 4 is 5.91 Å². The molecule has 2 aromatic rings. The molecule has 2 atom stereocenters. The molecule has 7 nitrogen and oxygen atoms in total. The molecule has 0 radical (unpaired) electrons. The van der Waals surface area contributed by atoms with Gasteiger partial charge in [-0.2, -0.15) is 4.80 Å². The molecule has 0 saturated carbocycles. The molecular weight excluding hydrogens is 258 g/mol. The van der Waals surface area contributed by atoms with Crippen LogP contribution in [0.1, 0.15) is 19.9 Å². The lowest BCUT2D eigenvalue weighted by molar-refractivity contribution is -0.124. The van der Waals surface area contributed by atoms with Crippen molar-refractivity contribution in [3.63, 3.8) is 0 Å². The number of aliphatic hydroxyl groups excluding tert-OH is 1. The number of hydrogen-bond acceptors (Lipinski definition) is 5. The Kier molecular flexibility index (Phi) is 4.41. The summed E-state index contributed by atoms with van der Waals surface area (Å²) >= 11 is 0. The topological polar surface area (TPSA) is 92.9 Å². The van der Waals surface area contributed by atoms with Gasteiger partial charge in [0.25, 0.3) is 0 Å². The van der Waals surface area contributed by atoms with Crippen molar-refractivity contribution in [3.05, 3.63) is 30.3 Å². The van der Waals surface area contributed by atoms with Crippen molar-refractivity contribution in [2.24, 2.45) is 0 Å². The molecule has 20 heavy (non-hydrogen) atoms. The fourth-order valence-corrected chi connectivity index (χ4v) is 1.59. The summed E-state index contributed by atoms with van der Waals surface area (Å²) in [5, 5.41) is 23.8. The van der Waals surface area contributed by atoms with Crippen LogP contribution in [0.3, 0.4) is 0 Å². The molecule has 0 aliphatic carbocycles. The highest BCUT2D eigenvalue weighted by Gasteiger charge is 2.18. The molecule has 106 valence electrons. The Morgan fingerprint density at radius 1 is 1.35 bits per heavy atom. The predicted octanol–water partition coefficient (Wildman–Crippen LogP) is 0.398. The second kappa shape index (κ2) is 6.25. The van der Waals surface area contributed by atoms with Gasteiger partial charge in [-0.3, -0.25) is 4.79 Å². The normalized spacial score (nSPS) is 13.8. The number of carbonyl (C=O) groups excluding carboxylic acids is 1. The predicted molar refractivity (Wildman–Crippen MR) is 72.7 cm³/mol. The zero-order valence-electron chi connectivity index (χ0n) is 11.4. The quantitative estimate of drug-likeness (QED) is 0.824. The highest BCUT2D eigenvalue weighted by molar-refractivity contribution is 5.79. The van der Waals surface area contributed by atoms with Gasteiger partial charge in [-0.15, -0.1) is 10.2 Å². The molecule has 0 fully saturated rings. The van der Waals surface area contributed by atoms with Crippen molar-refractivity contribution in [2.45, 2.75) is 26.0 Å². The fraction of sp³-hybridized carbons (Fsp3) is 0.385. The van der Waals surface area contributed by atoms with Crippen LogP contribution in [-0.4, -0.2) is 43.9 Å². The summed E-state index contributed by atoms with van der Waals surface area (Å²) in [5.74, 6) is 0.212. The van der Waals surface area contributed by atoms with Crippen molar-refractivity contribution in [1.82, 2.24) is 25.5 Å². The number of tetrazole rings is 1. The van der Waals surface area contributed by atoms with Crippen LogP contribution in [0.4, 0.5) is 0 Å². The average Bonchev–Trinajstić information content (AvgIpc) is 2.94. The van der Waals surface area contributed by atoms with Gasteiger partial charge in [0, 0.05) is 12.1 Å². The lowest BCUT2D eigenvalue weighted by Gasteiger charge is -2.11. The minimum Gasteiger partial charge on any atom is -0.392 e. The minimum absolute atomic E-state index is 0.198. The van der Waals surface area contributed by atoms with Gasteiger partial charge in [0.2, 0.25) is 11.7 Å². The van der Waals surface area contributed by atoms with Crippen LogP contribution in [0.5, 0.6) is 0 Å². The first-order chi connectivity index (χ1) is 9.58. The van der Waals surface area contributed by atoms with E-state index in [0.29, 0.717) is 5.82 Å². The summed E-state index contributed by atoms with van der Waals surface area (Å²) in [6, 6.07) is 8.83. The van der Waals surface area contributed by atoms with Crippen molar-refractivity contribution in [2.75, 3.05) is 6.54 Å². The Bertz CT molecular complexity index is 567. The van der Waals surface area contributed by atoms with Crippen molar-refractivity contribution in [3.8, 4) is 11.4 Å². The number of benzene rings is 1. The molecule has 2 rings (SSSR count). The van der Waals surface area contributed by atoms with Crippen molar-refractivity contribution < 1.29 is 9.90 Å². The molecule has 1 amide bonds. The second-order valence-electron chi connectivity index (χ2n) is 4.57.